The largest absolute Gasteiger partial charge is 0.416 e. The molecule has 1 aliphatic heterocycles. The van der Waals surface area contributed by atoms with Gasteiger partial charge in [0.25, 0.3) is 0 Å². The van der Waals surface area contributed by atoms with Crippen molar-refractivity contribution in [3.05, 3.63) is 69.3 Å². The topological polar surface area (TPSA) is 56.0 Å². The van der Waals surface area contributed by atoms with Gasteiger partial charge in [-0.3, -0.25) is 4.68 Å². The molecule has 0 amide bonds. The van der Waals surface area contributed by atoms with Gasteiger partial charge < -0.3 is 0 Å². The highest BCUT2D eigenvalue weighted by Gasteiger charge is 2.30. The zero-order valence-electron chi connectivity index (χ0n) is 13.5. The van der Waals surface area contributed by atoms with Crippen molar-refractivity contribution in [1.29, 1.82) is 0 Å². The predicted molar refractivity (Wildman–Crippen MR) is 94.7 cm³/mol. The van der Waals surface area contributed by atoms with Gasteiger partial charge in [0.15, 0.2) is 5.82 Å². The second-order valence-electron chi connectivity index (χ2n) is 5.95. The Morgan fingerprint density at radius 2 is 1.96 bits per heavy atom. The fourth-order valence-corrected chi connectivity index (χ4v) is 3.24. The SMILES string of the molecule is FC(F)(F)c1cccc(Cn2cc(C3=Nc4nc(Cl)nc(Cl)c4C3)cn2)c1. The molecule has 27 heavy (non-hydrogen) atoms. The van der Waals surface area contributed by atoms with E-state index < -0.39 is 11.7 Å². The Bertz CT molecular complexity index is 1060. The lowest BCUT2D eigenvalue weighted by Gasteiger charge is -2.08. The van der Waals surface area contributed by atoms with Gasteiger partial charge in [-0.05, 0) is 29.3 Å². The van der Waals surface area contributed by atoms with Crippen molar-refractivity contribution in [1.82, 2.24) is 19.7 Å². The molecule has 0 bridgehead atoms. The van der Waals surface area contributed by atoms with Crippen LogP contribution >= 0.6 is 23.2 Å². The van der Waals surface area contributed by atoms with Crippen LogP contribution in [-0.4, -0.2) is 25.5 Å². The van der Waals surface area contributed by atoms with E-state index in [1.165, 1.54) is 6.07 Å². The summed E-state index contributed by atoms with van der Waals surface area (Å²) in [5.41, 5.74) is 1.91. The Kier molecular flexibility index (Phi) is 4.39. The van der Waals surface area contributed by atoms with E-state index in [9.17, 15) is 13.2 Å². The van der Waals surface area contributed by atoms with Gasteiger partial charge in [-0.15, -0.1) is 0 Å². The van der Waals surface area contributed by atoms with E-state index >= 15 is 0 Å². The third-order valence-corrected chi connectivity index (χ3v) is 4.54. The summed E-state index contributed by atoms with van der Waals surface area (Å²) in [7, 11) is 0. The van der Waals surface area contributed by atoms with Crippen LogP contribution in [0.2, 0.25) is 10.4 Å². The number of hydrogen-bond donors (Lipinski definition) is 0. The molecule has 1 aliphatic rings. The third kappa shape index (κ3) is 3.68. The molecule has 138 valence electrons. The van der Waals surface area contributed by atoms with E-state index in [-0.39, 0.29) is 17.0 Å². The number of hydrogen-bond acceptors (Lipinski definition) is 4. The molecule has 4 rings (SSSR count). The minimum absolute atomic E-state index is 0.0176. The van der Waals surface area contributed by atoms with Crippen LogP contribution in [0, 0.1) is 0 Å². The molecule has 0 aliphatic carbocycles. The van der Waals surface area contributed by atoms with E-state index in [2.05, 4.69) is 20.1 Å². The quantitative estimate of drug-likeness (QED) is 0.462. The first-order valence-corrected chi connectivity index (χ1v) is 8.53. The molecule has 0 saturated heterocycles. The van der Waals surface area contributed by atoms with Gasteiger partial charge in [0.1, 0.15) is 5.15 Å². The number of aromatic nitrogens is 4. The molecule has 0 spiro atoms. The van der Waals surface area contributed by atoms with Crippen LogP contribution in [0.15, 0.2) is 41.7 Å². The summed E-state index contributed by atoms with van der Waals surface area (Å²) < 4.78 is 40.1. The molecule has 3 heterocycles. The van der Waals surface area contributed by atoms with Crippen LogP contribution in [0.1, 0.15) is 22.3 Å². The Labute approximate surface area is 161 Å². The molecule has 10 heteroatoms. The molecular weight excluding hydrogens is 402 g/mol. The highest BCUT2D eigenvalue weighted by atomic mass is 35.5. The van der Waals surface area contributed by atoms with Crippen molar-refractivity contribution < 1.29 is 13.2 Å². The average molecular weight is 412 g/mol. The average Bonchev–Trinajstić information content (AvgIpc) is 3.21. The number of halogens is 5. The Hall–Kier alpha value is -2.45. The molecule has 0 fully saturated rings. The van der Waals surface area contributed by atoms with E-state index in [1.807, 2.05) is 0 Å². The smallest absolute Gasteiger partial charge is 0.268 e. The second-order valence-corrected chi connectivity index (χ2v) is 6.64. The molecule has 2 aromatic heterocycles. The van der Waals surface area contributed by atoms with E-state index in [1.54, 1.807) is 23.1 Å². The Balaban J connectivity index is 1.55. The number of benzene rings is 1. The normalized spacial score (nSPS) is 13.6. The fourth-order valence-electron chi connectivity index (χ4n) is 2.80. The van der Waals surface area contributed by atoms with Crippen LogP contribution in [0.4, 0.5) is 19.0 Å². The van der Waals surface area contributed by atoms with Crippen molar-refractivity contribution in [2.24, 2.45) is 4.99 Å². The lowest BCUT2D eigenvalue weighted by atomic mass is 10.1. The van der Waals surface area contributed by atoms with Crippen molar-refractivity contribution in [2.75, 3.05) is 0 Å². The zero-order chi connectivity index (χ0) is 19.2. The van der Waals surface area contributed by atoms with Crippen LogP contribution in [0.3, 0.4) is 0 Å². The molecule has 3 aromatic rings. The zero-order valence-corrected chi connectivity index (χ0v) is 15.0. The summed E-state index contributed by atoms with van der Waals surface area (Å²) in [6, 6.07) is 5.15. The molecule has 1 aromatic carbocycles. The number of rotatable bonds is 3. The fraction of sp³-hybridized carbons (Fsp3) is 0.176. The van der Waals surface area contributed by atoms with Gasteiger partial charge in [0.2, 0.25) is 5.28 Å². The number of aliphatic imine (C=N–C) groups is 1. The second kappa shape index (κ2) is 6.61. The third-order valence-electron chi connectivity index (χ3n) is 4.06. The predicted octanol–water partition coefficient (Wildman–Crippen LogP) is 4.72. The van der Waals surface area contributed by atoms with Crippen LogP contribution in [-0.2, 0) is 19.1 Å². The summed E-state index contributed by atoms with van der Waals surface area (Å²) in [6.07, 6.45) is -0.632. The van der Waals surface area contributed by atoms with E-state index in [0.29, 0.717) is 29.1 Å². The van der Waals surface area contributed by atoms with E-state index in [4.69, 9.17) is 23.2 Å². The Morgan fingerprint density at radius 1 is 1.15 bits per heavy atom. The highest BCUT2D eigenvalue weighted by Crippen LogP contribution is 2.32. The number of fused-ring (bicyclic) bond motifs is 1. The summed E-state index contributed by atoms with van der Waals surface area (Å²) in [5, 5.41) is 4.48. The molecule has 0 saturated carbocycles. The van der Waals surface area contributed by atoms with Gasteiger partial charge in [0, 0.05) is 23.7 Å². The first-order chi connectivity index (χ1) is 12.8. The van der Waals surface area contributed by atoms with Gasteiger partial charge in [-0.2, -0.15) is 23.3 Å². The monoisotopic (exact) mass is 411 g/mol. The van der Waals surface area contributed by atoms with Crippen LogP contribution in [0.5, 0.6) is 0 Å². The maximum atomic E-state index is 12.8. The standard InChI is InChI=1S/C17H10Cl2F3N5/c18-14-12-5-13(24-15(12)26-16(19)25-14)10-6-23-27(8-10)7-9-2-1-3-11(4-9)17(20,21)22/h1-4,6,8H,5,7H2. The summed E-state index contributed by atoms with van der Waals surface area (Å²) >= 11 is 11.9. The summed E-state index contributed by atoms with van der Waals surface area (Å²) in [6.45, 7) is 0.205. The van der Waals surface area contributed by atoms with Crippen LogP contribution in [0.25, 0.3) is 0 Å². The lowest BCUT2D eigenvalue weighted by Crippen LogP contribution is -2.07. The highest BCUT2D eigenvalue weighted by molar-refractivity contribution is 6.33. The molecule has 0 atom stereocenters. The number of nitrogens with zero attached hydrogens (tertiary/aromatic N) is 5. The maximum Gasteiger partial charge on any atom is 0.416 e. The summed E-state index contributed by atoms with van der Waals surface area (Å²) in [4.78, 5) is 12.3. The van der Waals surface area contributed by atoms with Gasteiger partial charge in [0.05, 0.1) is 24.0 Å². The summed E-state index contributed by atoms with van der Waals surface area (Å²) in [5.74, 6) is 0.417. The van der Waals surface area contributed by atoms with Gasteiger partial charge >= 0.3 is 6.18 Å². The van der Waals surface area contributed by atoms with Gasteiger partial charge in [-0.25, -0.2) is 9.98 Å². The maximum absolute atomic E-state index is 12.8. The van der Waals surface area contributed by atoms with E-state index in [0.717, 1.165) is 17.7 Å². The minimum atomic E-state index is -4.38. The first-order valence-electron chi connectivity index (χ1n) is 7.78. The number of alkyl halides is 3. The lowest BCUT2D eigenvalue weighted by molar-refractivity contribution is -0.137. The molecule has 5 nitrogen and oxygen atoms in total. The van der Waals surface area contributed by atoms with Crippen molar-refractivity contribution >= 4 is 34.7 Å². The van der Waals surface area contributed by atoms with Crippen molar-refractivity contribution in [3.63, 3.8) is 0 Å². The molecular formula is C17H10Cl2F3N5. The van der Waals surface area contributed by atoms with Crippen molar-refractivity contribution in [2.45, 2.75) is 19.1 Å². The molecule has 0 radical (unpaired) electrons. The van der Waals surface area contributed by atoms with Crippen molar-refractivity contribution in [3.8, 4) is 0 Å². The van der Waals surface area contributed by atoms with Crippen LogP contribution < -0.4 is 0 Å². The molecule has 0 unspecified atom stereocenters. The minimum Gasteiger partial charge on any atom is -0.268 e. The first kappa shape index (κ1) is 17.9. The van der Waals surface area contributed by atoms with Gasteiger partial charge in [-0.1, -0.05) is 23.7 Å². The Morgan fingerprint density at radius 3 is 2.74 bits per heavy atom. The molecule has 0 N–H and O–H groups in total.